The Morgan fingerprint density at radius 1 is 1.09 bits per heavy atom. The number of rotatable bonds is 9. The van der Waals surface area contributed by atoms with Gasteiger partial charge in [-0.3, -0.25) is 4.79 Å². The molecule has 0 aliphatic heterocycles. The minimum Gasteiger partial charge on any atom is -0.497 e. The van der Waals surface area contributed by atoms with Crippen molar-refractivity contribution in [3.8, 4) is 5.75 Å². The average Bonchev–Trinajstić information content (AvgIpc) is 3.27. The van der Waals surface area contributed by atoms with Gasteiger partial charge in [0.25, 0.3) is 0 Å². The largest absolute Gasteiger partial charge is 0.497 e. The lowest BCUT2D eigenvalue weighted by atomic mass is 9.82. The molecule has 3 rings (SSSR count). The predicted molar refractivity (Wildman–Crippen MR) is 124 cm³/mol. The molecule has 0 aliphatic rings. The van der Waals surface area contributed by atoms with Crippen molar-refractivity contribution in [1.29, 1.82) is 0 Å². The molecule has 0 amide bonds. The Kier molecular flexibility index (Phi) is 7.40. The number of ether oxygens (including phenoxy) is 2. The fourth-order valence-electron chi connectivity index (χ4n) is 3.32. The van der Waals surface area contributed by atoms with E-state index < -0.39 is 22.3 Å². The molecule has 0 spiro atoms. The van der Waals surface area contributed by atoms with Crippen molar-refractivity contribution in [1.82, 2.24) is 0 Å². The third-order valence-electron chi connectivity index (χ3n) is 5.28. The molecule has 1 unspecified atom stereocenters. The molecule has 2 aromatic carbocycles. The summed E-state index contributed by atoms with van der Waals surface area (Å²) in [5, 5.41) is 3.38. The molecule has 0 fully saturated rings. The van der Waals surface area contributed by atoms with E-state index in [1.165, 1.54) is 6.26 Å². The summed E-state index contributed by atoms with van der Waals surface area (Å²) in [6.45, 7) is 7.58. The molecule has 1 aromatic heterocycles. The normalized spacial score (nSPS) is 13.3. The van der Waals surface area contributed by atoms with Crippen LogP contribution in [-0.2, 0) is 20.3 Å². The fourth-order valence-corrected chi connectivity index (χ4v) is 4.49. The van der Waals surface area contributed by atoms with Gasteiger partial charge in [0.1, 0.15) is 17.6 Å². The van der Waals surface area contributed by atoms with Crippen LogP contribution in [0.5, 0.6) is 5.75 Å². The number of nitrogens with one attached hydrogen (secondary N) is 1. The minimum atomic E-state index is -1.48. The van der Waals surface area contributed by atoms with Crippen molar-refractivity contribution in [2.24, 2.45) is 5.41 Å². The Labute approximate surface area is 191 Å². The zero-order chi connectivity index (χ0) is 23.3. The standard InChI is InChI=1S/C25H29NO5S/c1-6-30-24(27)25(3,4)23(26-18-9-11-19(29-5)12-10-18)22-21(15-16-31-22)32(28)20-13-7-17(2)8-14-20/h7-16,23,26H,6H2,1-5H3/t23-,32?/m0/s1. The number of methoxy groups -OCH3 is 1. The predicted octanol–water partition coefficient (Wildman–Crippen LogP) is 5.51. The lowest BCUT2D eigenvalue weighted by molar-refractivity contribution is -0.154. The van der Waals surface area contributed by atoms with Crippen LogP contribution in [0.2, 0.25) is 0 Å². The van der Waals surface area contributed by atoms with Crippen LogP contribution in [-0.4, -0.2) is 23.9 Å². The van der Waals surface area contributed by atoms with Gasteiger partial charge in [0.15, 0.2) is 0 Å². The van der Waals surface area contributed by atoms with Crippen molar-refractivity contribution >= 4 is 22.5 Å². The maximum Gasteiger partial charge on any atom is 0.314 e. The van der Waals surface area contributed by atoms with E-state index in [0.29, 0.717) is 15.6 Å². The van der Waals surface area contributed by atoms with Gasteiger partial charge in [-0.1, -0.05) is 17.7 Å². The van der Waals surface area contributed by atoms with Crippen molar-refractivity contribution in [3.63, 3.8) is 0 Å². The molecule has 32 heavy (non-hydrogen) atoms. The first-order valence-electron chi connectivity index (χ1n) is 10.4. The van der Waals surface area contributed by atoms with Gasteiger partial charge >= 0.3 is 5.97 Å². The van der Waals surface area contributed by atoms with Crippen molar-refractivity contribution in [2.75, 3.05) is 19.0 Å². The summed E-state index contributed by atoms with van der Waals surface area (Å²) >= 11 is 0. The molecule has 7 heteroatoms. The van der Waals surface area contributed by atoms with Gasteiger partial charge in [-0.05, 0) is 70.2 Å². The second-order valence-electron chi connectivity index (χ2n) is 7.98. The highest BCUT2D eigenvalue weighted by atomic mass is 32.2. The first kappa shape index (κ1) is 23.6. The number of hydrogen-bond acceptors (Lipinski definition) is 6. The first-order valence-corrected chi connectivity index (χ1v) is 11.6. The van der Waals surface area contributed by atoms with E-state index in [9.17, 15) is 9.00 Å². The molecule has 0 aliphatic carbocycles. The Bertz CT molecular complexity index is 1070. The van der Waals surface area contributed by atoms with Crippen LogP contribution in [0, 0.1) is 12.3 Å². The van der Waals surface area contributed by atoms with E-state index >= 15 is 0 Å². The summed E-state index contributed by atoms with van der Waals surface area (Å²) in [6.07, 6.45) is 1.50. The zero-order valence-corrected chi connectivity index (χ0v) is 19.8. The molecular weight excluding hydrogens is 426 g/mol. The van der Waals surface area contributed by atoms with Gasteiger partial charge < -0.3 is 19.2 Å². The molecule has 1 N–H and O–H groups in total. The minimum absolute atomic E-state index is 0.262. The Hall–Kier alpha value is -3.06. The van der Waals surface area contributed by atoms with Gasteiger partial charge in [0.2, 0.25) is 0 Å². The highest BCUT2D eigenvalue weighted by Crippen LogP contribution is 2.41. The molecule has 6 nitrogen and oxygen atoms in total. The van der Waals surface area contributed by atoms with Gasteiger partial charge in [0.05, 0.1) is 41.1 Å². The van der Waals surface area contributed by atoms with Crippen molar-refractivity contribution in [2.45, 2.75) is 43.5 Å². The average molecular weight is 456 g/mol. The number of carbonyl (C=O) groups excluding carboxylic acids is 1. The molecule has 0 saturated heterocycles. The second-order valence-corrected chi connectivity index (χ2v) is 9.43. The number of benzene rings is 2. The zero-order valence-electron chi connectivity index (χ0n) is 19.0. The smallest absolute Gasteiger partial charge is 0.314 e. The molecule has 0 radical (unpaired) electrons. The number of anilines is 1. The lowest BCUT2D eigenvalue weighted by Crippen LogP contribution is -2.37. The first-order chi connectivity index (χ1) is 15.3. The highest BCUT2D eigenvalue weighted by molar-refractivity contribution is 7.85. The number of aryl methyl sites for hydroxylation is 1. The van der Waals surface area contributed by atoms with E-state index in [1.807, 2.05) is 55.5 Å². The summed E-state index contributed by atoms with van der Waals surface area (Å²) < 4.78 is 29.8. The molecule has 1 heterocycles. The van der Waals surface area contributed by atoms with Crippen LogP contribution in [0.25, 0.3) is 0 Å². The Morgan fingerprint density at radius 3 is 2.34 bits per heavy atom. The number of furan rings is 1. The maximum absolute atomic E-state index is 13.4. The molecule has 3 aromatic rings. The molecule has 2 atom stereocenters. The number of carbonyl (C=O) groups is 1. The van der Waals surface area contributed by atoms with Crippen LogP contribution < -0.4 is 10.1 Å². The molecule has 0 bridgehead atoms. The van der Waals surface area contributed by atoms with Crippen LogP contribution in [0.3, 0.4) is 0 Å². The summed E-state index contributed by atoms with van der Waals surface area (Å²) in [4.78, 5) is 14.1. The topological polar surface area (TPSA) is 77.8 Å². The van der Waals surface area contributed by atoms with Gasteiger partial charge in [-0.2, -0.15) is 0 Å². The molecule has 0 saturated carbocycles. The Balaban J connectivity index is 2.03. The third-order valence-corrected chi connectivity index (χ3v) is 6.72. The van der Waals surface area contributed by atoms with Gasteiger partial charge in [-0.15, -0.1) is 0 Å². The lowest BCUT2D eigenvalue weighted by Gasteiger charge is -2.32. The van der Waals surface area contributed by atoms with Crippen molar-refractivity contribution < 1.29 is 22.9 Å². The number of esters is 1. The van der Waals surface area contributed by atoms with Crippen molar-refractivity contribution in [3.05, 3.63) is 72.2 Å². The summed E-state index contributed by atoms with van der Waals surface area (Å²) in [6, 6.07) is 15.9. The fraction of sp³-hybridized carbons (Fsp3) is 0.320. The van der Waals surface area contributed by atoms with E-state index in [1.54, 1.807) is 33.9 Å². The summed E-state index contributed by atoms with van der Waals surface area (Å²) in [5.74, 6) is 0.767. The van der Waals surface area contributed by atoms with Crippen LogP contribution >= 0.6 is 0 Å². The van der Waals surface area contributed by atoms with Gasteiger partial charge in [0, 0.05) is 10.6 Å². The van der Waals surface area contributed by atoms with E-state index in [0.717, 1.165) is 17.0 Å². The van der Waals surface area contributed by atoms with Crippen LogP contribution in [0.4, 0.5) is 5.69 Å². The third kappa shape index (κ3) is 5.05. The Morgan fingerprint density at radius 2 is 1.75 bits per heavy atom. The monoisotopic (exact) mass is 455 g/mol. The molecule has 170 valence electrons. The van der Waals surface area contributed by atoms with Gasteiger partial charge in [-0.25, -0.2) is 4.21 Å². The SMILES string of the molecule is CCOC(=O)C(C)(C)[C@@H](Nc1ccc(OC)cc1)c1occc1S(=O)c1ccc(C)cc1. The number of hydrogen-bond donors (Lipinski definition) is 1. The second kappa shape index (κ2) is 10.0. The summed E-state index contributed by atoms with van der Waals surface area (Å²) in [5.41, 5.74) is 0.831. The maximum atomic E-state index is 13.4. The van der Waals surface area contributed by atoms with E-state index in [4.69, 9.17) is 13.9 Å². The van der Waals surface area contributed by atoms with E-state index in [2.05, 4.69) is 5.32 Å². The molecular formula is C25H29NO5S. The van der Waals surface area contributed by atoms with E-state index in [-0.39, 0.29) is 12.6 Å². The van der Waals surface area contributed by atoms with Crippen LogP contribution in [0.15, 0.2) is 75.1 Å². The quantitative estimate of drug-likeness (QED) is 0.429. The van der Waals surface area contributed by atoms with Crippen LogP contribution in [0.1, 0.15) is 38.1 Å². The highest BCUT2D eigenvalue weighted by Gasteiger charge is 2.43. The summed E-state index contributed by atoms with van der Waals surface area (Å²) in [7, 11) is 0.125.